The summed E-state index contributed by atoms with van der Waals surface area (Å²) < 4.78 is 26.3. The highest BCUT2D eigenvalue weighted by atomic mass is 32.2. The van der Waals surface area contributed by atoms with Crippen LogP contribution in [0.5, 0.6) is 0 Å². The molecule has 1 aliphatic rings. The minimum absolute atomic E-state index is 0.0791. The van der Waals surface area contributed by atoms with Crippen LogP contribution in [0.1, 0.15) is 52.4 Å². The molecule has 6 heteroatoms. The summed E-state index contributed by atoms with van der Waals surface area (Å²) in [5, 5.41) is 9.31. The van der Waals surface area contributed by atoms with Crippen molar-refractivity contribution in [3.05, 3.63) is 0 Å². The fourth-order valence-electron chi connectivity index (χ4n) is 2.39. The summed E-state index contributed by atoms with van der Waals surface area (Å²) in [4.78, 5) is 11.4. The molecule has 0 aromatic heterocycles. The molecule has 5 nitrogen and oxygen atoms in total. The van der Waals surface area contributed by atoms with Crippen molar-refractivity contribution in [2.75, 3.05) is 5.75 Å². The van der Waals surface area contributed by atoms with Crippen LogP contribution in [0.15, 0.2) is 0 Å². The maximum absolute atomic E-state index is 11.9. The highest BCUT2D eigenvalue weighted by Gasteiger charge is 2.44. The summed E-state index contributed by atoms with van der Waals surface area (Å²) in [6.07, 6.45) is 4.27. The summed E-state index contributed by atoms with van der Waals surface area (Å²) in [5.41, 5.74) is -0.975. The SMILES string of the molecule is CCCCS(=O)(=O)NC1CCCCC1(C)C(=O)O. The third-order valence-corrected chi connectivity index (χ3v) is 5.25. The zero-order chi connectivity index (χ0) is 13.8. The quantitative estimate of drug-likeness (QED) is 0.774. The molecule has 0 aromatic carbocycles. The number of hydrogen-bond donors (Lipinski definition) is 2. The van der Waals surface area contributed by atoms with Gasteiger partial charge in [-0.05, 0) is 26.2 Å². The van der Waals surface area contributed by atoms with Gasteiger partial charge in [-0.25, -0.2) is 13.1 Å². The second-order valence-corrected chi connectivity index (χ2v) is 7.18. The Balaban J connectivity index is 2.77. The molecule has 18 heavy (non-hydrogen) atoms. The van der Waals surface area contributed by atoms with E-state index in [1.165, 1.54) is 0 Å². The van der Waals surface area contributed by atoms with E-state index in [4.69, 9.17) is 0 Å². The first-order chi connectivity index (χ1) is 8.32. The number of carboxylic acids is 1. The summed E-state index contributed by atoms with van der Waals surface area (Å²) >= 11 is 0. The van der Waals surface area contributed by atoms with Crippen LogP contribution >= 0.6 is 0 Å². The Morgan fingerprint density at radius 3 is 2.67 bits per heavy atom. The van der Waals surface area contributed by atoms with E-state index in [0.29, 0.717) is 19.3 Å². The van der Waals surface area contributed by atoms with Gasteiger partial charge in [-0.2, -0.15) is 0 Å². The molecule has 0 bridgehead atoms. The van der Waals surface area contributed by atoms with Crippen molar-refractivity contribution in [3.63, 3.8) is 0 Å². The number of hydrogen-bond acceptors (Lipinski definition) is 3. The van der Waals surface area contributed by atoms with Gasteiger partial charge in [-0.15, -0.1) is 0 Å². The molecule has 2 N–H and O–H groups in total. The van der Waals surface area contributed by atoms with Gasteiger partial charge in [0.15, 0.2) is 0 Å². The lowest BCUT2D eigenvalue weighted by Crippen LogP contribution is -2.52. The fourth-order valence-corrected chi connectivity index (χ4v) is 3.99. The Kier molecular flexibility index (Phi) is 5.16. The van der Waals surface area contributed by atoms with Crippen LogP contribution < -0.4 is 4.72 Å². The molecule has 2 atom stereocenters. The Hall–Kier alpha value is -0.620. The monoisotopic (exact) mass is 277 g/mol. The number of unbranched alkanes of at least 4 members (excludes halogenated alkanes) is 1. The van der Waals surface area contributed by atoms with Crippen LogP contribution in [-0.2, 0) is 14.8 Å². The number of carboxylic acid groups (broad SMARTS) is 1. The molecule has 1 fully saturated rings. The molecule has 1 saturated carbocycles. The van der Waals surface area contributed by atoms with Crippen molar-refractivity contribution in [2.24, 2.45) is 5.41 Å². The Morgan fingerprint density at radius 2 is 2.11 bits per heavy atom. The molecule has 0 amide bonds. The second kappa shape index (κ2) is 6.02. The maximum Gasteiger partial charge on any atom is 0.310 e. The Morgan fingerprint density at radius 1 is 1.44 bits per heavy atom. The van der Waals surface area contributed by atoms with Crippen LogP contribution in [0.3, 0.4) is 0 Å². The molecule has 0 saturated heterocycles. The number of carbonyl (C=O) groups is 1. The first-order valence-corrected chi connectivity index (χ1v) is 8.20. The van der Waals surface area contributed by atoms with Crippen LogP contribution in [0.4, 0.5) is 0 Å². The van der Waals surface area contributed by atoms with Crippen molar-refractivity contribution in [3.8, 4) is 0 Å². The van der Waals surface area contributed by atoms with Crippen molar-refractivity contribution < 1.29 is 18.3 Å². The van der Waals surface area contributed by atoms with E-state index in [-0.39, 0.29) is 5.75 Å². The molecule has 2 unspecified atom stereocenters. The summed E-state index contributed by atoms with van der Waals surface area (Å²) in [6, 6.07) is -0.481. The smallest absolute Gasteiger partial charge is 0.310 e. The number of rotatable bonds is 6. The average molecular weight is 277 g/mol. The van der Waals surface area contributed by atoms with E-state index in [1.807, 2.05) is 6.92 Å². The van der Waals surface area contributed by atoms with E-state index in [2.05, 4.69) is 4.72 Å². The number of aliphatic carboxylic acids is 1. The van der Waals surface area contributed by atoms with Crippen molar-refractivity contribution in [1.29, 1.82) is 0 Å². The van der Waals surface area contributed by atoms with Crippen LogP contribution in [0, 0.1) is 5.41 Å². The third kappa shape index (κ3) is 3.68. The summed E-state index contributed by atoms with van der Waals surface area (Å²) in [6.45, 7) is 3.57. The van der Waals surface area contributed by atoms with Gasteiger partial charge in [0.2, 0.25) is 10.0 Å². The lowest BCUT2D eigenvalue weighted by molar-refractivity contribution is -0.151. The normalized spacial score (nSPS) is 29.1. The lowest BCUT2D eigenvalue weighted by Gasteiger charge is -2.38. The van der Waals surface area contributed by atoms with Gasteiger partial charge in [0.1, 0.15) is 0 Å². The van der Waals surface area contributed by atoms with E-state index >= 15 is 0 Å². The molecule has 0 aromatic rings. The van der Waals surface area contributed by atoms with E-state index in [1.54, 1.807) is 6.92 Å². The topological polar surface area (TPSA) is 83.5 Å². The van der Waals surface area contributed by atoms with Gasteiger partial charge in [-0.3, -0.25) is 4.79 Å². The standard InChI is InChI=1S/C12H23NO4S/c1-3-4-9-18(16,17)13-10-7-5-6-8-12(10,2)11(14)15/h10,13H,3-9H2,1-2H3,(H,14,15). The Bertz CT molecular complexity index is 393. The number of sulfonamides is 1. The lowest BCUT2D eigenvalue weighted by atomic mass is 9.72. The number of nitrogens with one attached hydrogen (secondary N) is 1. The van der Waals surface area contributed by atoms with E-state index in [0.717, 1.165) is 19.3 Å². The zero-order valence-corrected chi connectivity index (χ0v) is 11.9. The van der Waals surface area contributed by atoms with Gasteiger partial charge in [0.25, 0.3) is 0 Å². The van der Waals surface area contributed by atoms with Gasteiger partial charge in [0.05, 0.1) is 11.2 Å². The average Bonchev–Trinajstić information content (AvgIpc) is 2.29. The highest BCUT2D eigenvalue weighted by molar-refractivity contribution is 7.89. The molecule has 0 aliphatic heterocycles. The van der Waals surface area contributed by atoms with Crippen molar-refractivity contribution in [2.45, 2.75) is 58.4 Å². The second-order valence-electron chi connectivity index (χ2n) is 5.31. The van der Waals surface area contributed by atoms with Crippen molar-refractivity contribution >= 4 is 16.0 Å². The van der Waals surface area contributed by atoms with Crippen LogP contribution in [-0.4, -0.2) is 31.3 Å². The zero-order valence-electron chi connectivity index (χ0n) is 11.1. The third-order valence-electron chi connectivity index (χ3n) is 3.79. The van der Waals surface area contributed by atoms with Crippen LogP contribution in [0.2, 0.25) is 0 Å². The summed E-state index contributed by atoms with van der Waals surface area (Å²) in [5.74, 6) is -0.833. The van der Waals surface area contributed by atoms with Crippen molar-refractivity contribution in [1.82, 2.24) is 4.72 Å². The van der Waals surface area contributed by atoms with E-state index < -0.39 is 27.4 Å². The first-order valence-electron chi connectivity index (χ1n) is 6.55. The highest BCUT2D eigenvalue weighted by Crippen LogP contribution is 2.36. The predicted octanol–water partition coefficient (Wildman–Crippen LogP) is 1.74. The Labute approximate surface area is 109 Å². The molecule has 0 heterocycles. The summed E-state index contributed by atoms with van der Waals surface area (Å²) in [7, 11) is -3.36. The largest absolute Gasteiger partial charge is 0.481 e. The minimum Gasteiger partial charge on any atom is -0.481 e. The molecule has 0 radical (unpaired) electrons. The first kappa shape index (κ1) is 15.4. The van der Waals surface area contributed by atoms with Gasteiger partial charge < -0.3 is 5.11 Å². The van der Waals surface area contributed by atoms with Crippen LogP contribution in [0.25, 0.3) is 0 Å². The fraction of sp³-hybridized carbons (Fsp3) is 0.917. The molecular weight excluding hydrogens is 254 g/mol. The molecule has 1 rings (SSSR count). The molecule has 0 spiro atoms. The van der Waals surface area contributed by atoms with Gasteiger partial charge in [-0.1, -0.05) is 26.2 Å². The molecule has 1 aliphatic carbocycles. The predicted molar refractivity (Wildman–Crippen MR) is 69.8 cm³/mol. The van der Waals surface area contributed by atoms with E-state index in [9.17, 15) is 18.3 Å². The van der Waals surface area contributed by atoms with Gasteiger partial charge in [0, 0.05) is 6.04 Å². The maximum atomic E-state index is 11.9. The molecule has 106 valence electrons. The van der Waals surface area contributed by atoms with Gasteiger partial charge >= 0.3 is 5.97 Å². The molecular formula is C12H23NO4S. The minimum atomic E-state index is -3.36.